The van der Waals surface area contributed by atoms with E-state index in [0.717, 1.165) is 24.9 Å². The average Bonchev–Trinajstić information content (AvgIpc) is 2.97. The molecule has 6 heteroatoms. The van der Waals surface area contributed by atoms with Gasteiger partial charge in [-0.05, 0) is 50.5 Å². The van der Waals surface area contributed by atoms with Gasteiger partial charge >= 0.3 is 5.97 Å². The zero-order valence-electron chi connectivity index (χ0n) is 13.4. The largest absolute Gasteiger partial charge is 0.478 e. The topological polar surface area (TPSA) is 84.2 Å². The van der Waals surface area contributed by atoms with E-state index >= 15 is 0 Å². The van der Waals surface area contributed by atoms with Gasteiger partial charge in [0.2, 0.25) is 0 Å². The zero-order valence-corrected chi connectivity index (χ0v) is 13.4. The summed E-state index contributed by atoms with van der Waals surface area (Å²) in [5, 5.41) is 16.2. The number of hydrogen-bond donors (Lipinski definition) is 2. The summed E-state index contributed by atoms with van der Waals surface area (Å²) in [5.41, 5.74) is 2.02. The van der Waals surface area contributed by atoms with Crippen LogP contribution < -0.4 is 5.32 Å². The molecule has 124 valence electrons. The second-order valence-corrected chi connectivity index (χ2v) is 5.86. The first kappa shape index (κ1) is 16.0. The van der Waals surface area contributed by atoms with Crippen LogP contribution in [0.1, 0.15) is 45.7 Å². The van der Waals surface area contributed by atoms with Gasteiger partial charge < -0.3 is 10.4 Å². The Morgan fingerprint density at radius 2 is 2.00 bits per heavy atom. The summed E-state index contributed by atoms with van der Waals surface area (Å²) in [4.78, 5) is 23.4. The third-order valence-corrected chi connectivity index (χ3v) is 4.22. The first-order chi connectivity index (χ1) is 11.6. The molecular weight excluding hydrogens is 306 g/mol. The maximum Gasteiger partial charge on any atom is 0.339 e. The number of benzene rings is 1. The van der Waals surface area contributed by atoms with E-state index in [1.165, 1.54) is 6.20 Å². The van der Waals surface area contributed by atoms with Crippen molar-refractivity contribution in [2.75, 3.05) is 0 Å². The van der Waals surface area contributed by atoms with E-state index in [2.05, 4.69) is 22.6 Å². The van der Waals surface area contributed by atoms with Crippen LogP contribution in [-0.2, 0) is 0 Å². The highest BCUT2D eigenvalue weighted by Crippen LogP contribution is 2.16. The van der Waals surface area contributed by atoms with Crippen molar-refractivity contribution in [3.05, 3.63) is 59.4 Å². The molecule has 2 N–H and O–H groups in total. The molecule has 2 aromatic rings. The highest BCUT2D eigenvalue weighted by Gasteiger charge is 2.16. The van der Waals surface area contributed by atoms with Gasteiger partial charge in [0.15, 0.2) is 0 Å². The number of aromatic carboxylic acids is 1. The molecule has 0 fully saturated rings. The van der Waals surface area contributed by atoms with Gasteiger partial charge in [0.05, 0.1) is 17.6 Å². The molecule has 0 saturated heterocycles. The fourth-order valence-electron chi connectivity index (χ4n) is 2.83. The van der Waals surface area contributed by atoms with E-state index in [1.807, 2.05) is 0 Å². The van der Waals surface area contributed by atoms with E-state index in [-0.39, 0.29) is 17.5 Å². The molecule has 0 radical (unpaired) electrons. The van der Waals surface area contributed by atoms with E-state index in [9.17, 15) is 9.59 Å². The average molecular weight is 325 g/mol. The molecule has 0 unspecified atom stereocenters. The normalized spacial score (nSPS) is 16.8. The standard InChI is InChI=1S/C18H19N3O3/c1-12-16(18(23)24)11-19-21(12)15-9-7-13(8-10-15)17(22)20-14-5-3-2-4-6-14/h2-3,7-11,14H,4-6H2,1H3,(H,20,22)(H,23,24)/t14-/m0/s1. The molecule has 1 atom stereocenters. The van der Waals surface area contributed by atoms with Gasteiger partial charge in [-0.15, -0.1) is 0 Å². The van der Waals surface area contributed by atoms with Crippen LogP contribution in [0.2, 0.25) is 0 Å². The molecule has 0 aliphatic heterocycles. The lowest BCUT2D eigenvalue weighted by Gasteiger charge is -2.19. The Hall–Kier alpha value is -2.89. The molecule has 6 nitrogen and oxygen atoms in total. The van der Waals surface area contributed by atoms with Crippen LogP contribution in [0, 0.1) is 6.92 Å². The lowest BCUT2D eigenvalue weighted by Crippen LogP contribution is -2.35. The molecule has 0 saturated carbocycles. The number of carbonyl (C=O) groups is 2. The summed E-state index contributed by atoms with van der Waals surface area (Å²) in [6.45, 7) is 1.70. The maximum absolute atomic E-state index is 12.3. The van der Waals surface area contributed by atoms with E-state index < -0.39 is 5.97 Å². The Morgan fingerprint density at radius 1 is 1.25 bits per heavy atom. The number of nitrogens with one attached hydrogen (secondary N) is 1. The summed E-state index contributed by atoms with van der Waals surface area (Å²) in [6.07, 6.45) is 8.38. The van der Waals surface area contributed by atoms with Gasteiger partial charge in [-0.2, -0.15) is 5.10 Å². The highest BCUT2D eigenvalue weighted by molar-refractivity contribution is 5.94. The predicted octanol–water partition coefficient (Wildman–Crippen LogP) is 2.72. The quantitative estimate of drug-likeness (QED) is 0.847. The van der Waals surface area contributed by atoms with E-state index in [1.54, 1.807) is 35.9 Å². The molecule has 3 rings (SSSR count). The van der Waals surface area contributed by atoms with Crippen LogP contribution >= 0.6 is 0 Å². The zero-order chi connectivity index (χ0) is 17.1. The second kappa shape index (κ2) is 6.70. The lowest BCUT2D eigenvalue weighted by atomic mass is 10.0. The number of aromatic nitrogens is 2. The summed E-state index contributed by atoms with van der Waals surface area (Å²) >= 11 is 0. The van der Waals surface area contributed by atoms with Crippen molar-refractivity contribution in [2.24, 2.45) is 0 Å². The molecule has 0 bridgehead atoms. The number of carbonyl (C=O) groups excluding carboxylic acids is 1. The van der Waals surface area contributed by atoms with Crippen molar-refractivity contribution in [3.8, 4) is 5.69 Å². The number of nitrogens with zero attached hydrogens (tertiary/aromatic N) is 2. The van der Waals surface area contributed by atoms with Crippen molar-refractivity contribution in [1.29, 1.82) is 0 Å². The Morgan fingerprint density at radius 3 is 2.58 bits per heavy atom. The van der Waals surface area contributed by atoms with Gasteiger partial charge in [-0.25, -0.2) is 9.48 Å². The van der Waals surface area contributed by atoms with Crippen LogP contribution in [0.3, 0.4) is 0 Å². The molecule has 1 aliphatic rings. The minimum atomic E-state index is -1.00. The van der Waals surface area contributed by atoms with Gasteiger partial charge in [-0.3, -0.25) is 4.79 Å². The smallest absolute Gasteiger partial charge is 0.339 e. The molecule has 0 spiro atoms. The van der Waals surface area contributed by atoms with E-state index in [0.29, 0.717) is 11.3 Å². The van der Waals surface area contributed by atoms with Gasteiger partial charge in [0.1, 0.15) is 5.56 Å². The maximum atomic E-state index is 12.3. The number of amides is 1. The first-order valence-corrected chi connectivity index (χ1v) is 7.90. The van der Waals surface area contributed by atoms with Gasteiger partial charge in [0.25, 0.3) is 5.91 Å². The molecule has 1 aromatic heterocycles. The lowest BCUT2D eigenvalue weighted by molar-refractivity contribution is 0.0695. The second-order valence-electron chi connectivity index (χ2n) is 5.86. The summed E-state index contributed by atoms with van der Waals surface area (Å²) in [5.74, 6) is -1.10. The van der Waals surface area contributed by atoms with E-state index in [4.69, 9.17) is 5.11 Å². The summed E-state index contributed by atoms with van der Waals surface area (Å²) in [6, 6.07) is 7.17. The fourth-order valence-corrected chi connectivity index (χ4v) is 2.83. The number of allylic oxidation sites excluding steroid dienone is 1. The Kier molecular flexibility index (Phi) is 4.46. The molecule has 1 amide bonds. The summed E-state index contributed by atoms with van der Waals surface area (Å²) in [7, 11) is 0. The van der Waals surface area contributed by atoms with Crippen molar-refractivity contribution in [2.45, 2.75) is 32.2 Å². The Bertz CT molecular complexity index is 790. The van der Waals surface area contributed by atoms with Crippen LogP contribution in [-0.4, -0.2) is 32.8 Å². The van der Waals surface area contributed by atoms with Crippen molar-refractivity contribution >= 4 is 11.9 Å². The third-order valence-electron chi connectivity index (χ3n) is 4.22. The monoisotopic (exact) mass is 325 g/mol. The first-order valence-electron chi connectivity index (χ1n) is 7.90. The Balaban J connectivity index is 1.74. The molecule has 1 aliphatic carbocycles. The molecule has 1 aromatic carbocycles. The molecular formula is C18H19N3O3. The minimum Gasteiger partial charge on any atom is -0.478 e. The number of carboxylic acid groups (broad SMARTS) is 1. The minimum absolute atomic E-state index is 0.0923. The number of rotatable bonds is 4. The third kappa shape index (κ3) is 3.22. The summed E-state index contributed by atoms with van der Waals surface area (Å²) < 4.78 is 1.55. The van der Waals surface area contributed by atoms with Crippen molar-refractivity contribution < 1.29 is 14.7 Å². The van der Waals surface area contributed by atoms with Gasteiger partial charge in [0, 0.05) is 11.6 Å². The van der Waals surface area contributed by atoms with Crippen LogP contribution in [0.4, 0.5) is 0 Å². The van der Waals surface area contributed by atoms with Crippen LogP contribution in [0.15, 0.2) is 42.6 Å². The van der Waals surface area contributed by atoms with Crippen LogP contribution in [0.5, 0.6) is 0 Å². The van der Waals surface area contributed by atoms with Crippen molar-refractivity contribution in [3.63, 3.8) is 0 Å². The highest BCUT2D eigenvalue weighted by atomic mass is 16.4. The number of carboxylic acids is 1. The van der Waals surface area contributed by atoms with Gasteiger partial charge in [-0.1, -0.05) is 12.2 Å². The number of hydrogen-bond acceptors (Lipinski definition) is 3. The van der Waals surface area contributed by atoms with Crippen LogP contribution in [0.25, 0.3) is 5.69 Å². The fraction of sp³-hybridized carbons (Fsp3) is 0.278. The molecule has 24 heavy (non-hydrogen) atoms. The Labute approximate surface area is 139 Å². The SMILES string of the molecule is Cc1c(C(=O)O)cnn1-c1ccc(C(=O)N[C@H]2CC=CCC2)cc1. The molecule has 1 heterocycles. The van der Waals surface area contributed by atoms with Crippen molar-refractivity contribution in [1.82, 2.24) is 15.1 Å². The predicted molar refractivity (Wildman–Crippen MR) is 89.5 cm³/mol.